The van der Waals surface area contributed by atoms with Gasteiger partial charge in [0.15, 0.2) is 6.72 Å². The maximum absolute atomic E-state index is 5.56. The molecular weight excluding hydrogens is 128 g/mol. The Labute approximate surface area is 59.4 Å². The highest BCUT2D eigenvalue weighted by molar-refractivity contribution is 6.00. The topological polar surface area (TPSA) is 78.5 Å². The molecule has 1 atom stereocenters. The molecule has 0 bridgehead atoms. The van der Waals surface area contributed by atoms with Crippen LogP contribution in [0, 0.1) is 0 Å². The van der Waals surface area contributed by atoms with Gasteiger partial charge in [-0.1, -0.05) is 0 Å². The minimum atomic E-state index is -0.0921. The summed E-state index contributed by atoms with van der Waals surface area (Å²) in [5.74, 6) is 1.16. The SMILES string of the molecule is C=[N+]=C1CCC(N)C(N)=N1. The standard InChI is InChI=1S/C6H10N4/c1-9-5-3-2-4(7)6(8)10-5/h4,8H,1-3,7H2/p+1. The van der Waals surface area contributed by atoms with Gasteiger partial charge in [0.2, 0.25) is 5.84 Å². The van der Waals surface area contributed by atoms with Crippen LogP contribution in [0.3, 0.4) is 0 Å². The molecule has 1 heterocycles. The van der Waals surface area contributed by atoms with E-state index >= 15 is 0 Å². The molecule has 4 N–H and O–H groups in total. The predicted octanol–water partition coefficient (Wildman–Crippen LogP) is -1.37. The molecule has 0 saturated carbocycles. The van der Waals surface area contributed by atoms with Crippen molar-refractivity contribution in [2.45, 2.75) is 18.9 Å². The predicted molar refractivity (Wildman–Crippen MR) is 43.1 cm³/mol. The van der Waals surface area contributed by atoms with Crippen LogP contribution in [0.4, 0.5) is 0 Å². The van der Waals surface area contributed by atoms with Crippen LogP contribution < -0.4 is 16.1 Å². The summed E-state index contributed by atoms with van der Waals surface area (Å²) in [6.07, 6.45) is 1.61. The highest BCUT2D eigenvalue weighted by Gasteiger charge is 2.23. The van der Waals surface area contributed by atoms with Crippen LogP contribution in [-0.2, 0) is 0 Å². The Kier molecular flexibility index (Phi) is 1.85. The second kappa shape index (κ2) is 2.64. The highest BCUT2D eigenvalue weighted by atomic mass is 15.0. The Morgan fingerprint density at radius 2 is 2.40 bits per heavy atom. The molecule has 0 amide bonds. The molecule has 10 heavy (non-hydrogen) atoms. The van der Waals surface area contributed by atoms with E-state index in [9.17, 15) is 0 Å². The minimum absolute atomic E-state index is 0.0921. The summed E-state index contributed by atoms with van der Waals surface area (Å²) in [5, 5.41) is 0. The summed E-state index contributed by atoms with van der Waals surface area (Å²) in [7, 11) is 0. The Morgan fingerprint density at radius 3 is 2.90 bits per heavy atom. The van der Waals surface area contributed by atoms with Gasteiger partial charge in [0, 0.05) is 0 Å². The largest absolute Gasteiger partial charge is 0.390 e. The van der Waals surface area contributed by atoms with Crippen LogP contribution in [0.5, 0.6) is 0 Å². The van der Waals surface area contributed by atoms with E-state index in [2.05, 4.69) is 16.4 Å². The Balaban J connectivity index is 2.85. The van der Waals surface area contributed by atoms with Gasteiger partial charge in [-0.05, 0) is 11.4 Å². The first-order valence-corrected chi connectivity index (χ1v) is 3.16. The second-order valence-corrected chi connectivity index (χ2v) is 2.26. The number of amidine groups is 2. The number of hydrogen-bond acceptors (Lipinski definition) is 2. The van der Waals surface area contributed by atoms with Crippen molar-refractivity contribution in [2.24, 2.45) is 16.5 Å². The number of nitrogens with zero attached hydrogens (tertiary/aromatic N) is 2. The van der Waals surface area contributed by atoms with Crippen LogP contribution >= 0.6 is 0 Å². The van der Waals surface area contributed by atoms with Crippen LogP contribution in [0.2, 0.25) is 0 Å². The lowest BCUT2D eigenvalue weighted by molar-refractivity contribution is 0.755. The van der Waals surface area contributed by atoms with Crippen molar-refractivity contribution >= 4 is 18.4 Å². The van der Waals surface area contributed by atoms with Crippen LogP contribution in [0.1, 0.15) is 12.8 Å². The molecule has 0 fully saturated rings. The molecule has 54 valence electrons. The summed E-state index contributed by atoms with van der Waals surface area (Å²) in [6.45, 7) is 3.35. The minimum Gasteiger partial charge on any atom is -0.365 e. The van der Waals surface area contributed by atoms with Gasteiger partial charge in [-0.15, -0.1) is 0 Å². The zero-order valence-corrected chi connectivity index (χ0v) is 5.75. The van der Waals surface area contributed by atoms with Gasteiger partial charge in [0.25, 0.3) is 0 Å². The Bertz CT molecular complexity index is 212. The second-order valence-electron chi connectivity index (χ2n) is 2.26. The van der Waals surface area contributed by atoms with E-state index in [1.807, 2.05) is 0 Å². The molecule has 1 rings (SSSR count). The molecule has 0 aliphatic carbocycles. The fraction of sp³-hybridized carbons (Fsp3) is 0.500. The summed E-state index contributed by atoms with van der Waals surface area (Å²) < 4.78 is 3.68. The van der Waals surface area contributed by atoms with E-state index in [0.29, 0.717) is 11.7 Å². The van der Waals surface area contributed by atoms with Crippen LogP contribution in [0.15, 0.2) is 4.99 Å². The van der Waals surface area contributed by atoms with E-state index in [0.717, 1.165) is 12.8 Å². The van der Waals surface area contributed by atoms with Crippen molar-refractivity contribution in [3.8, 4) is 0 Å². The van der Waals surface area contributed by atoms with Gasteiger partial charge in [-0.2, -0.15) is 0 Å². The van der Waals surface area contributed by atoms with Crippen molar-refractivity contribution in [3.63, 3.8) is 0 Å². The fourth-order valence-corrected chi connectivity index (χ4v) is 0.835. The van der Waals surface area contributed by atoms with E-state index in [1.165, 1.54) is 0 Å². The smallest absolute Gasteiger partial charge is 0.365 e. The summed E-state index contributed by atoms with van der Waals surface area (Å²) in [6, 6.07) is -0.0921. The van der Waals surface area contributed by atoms with Gasteiger partial charge in [-0.25, -0.2) is 4.67 Å². The molecule has 0 aromatic carbocycles. The monoisotopic (exact) mass is 139 g/mol. The first-order chi connectivity index (χ1) is 4.74. The Hall–Kier alpha value is -1.12. The molecule has 0 aromatic rings. The molecule has 4 nitrogen and oxygen atoms in total. The van der Waals surface area contributed by atoms with Crippen molar-refractivity contribution in [1.29, 1.82) is 0 Å². The zero-order chi connectivity index (χ0) is 7.56. The van der Waals surface area contributed by atoms with Gasteiger partial charge >= 0.3 is 5.84 Å². The van der Waals surface area contributed by atoms with Crippen molar-refractivity contribution < 1.29 is 0 Å². The van der Waals surface area contributed by atoms with Gasteiger partial charge in [0.1, 0.15) is 0 Å². The lowest BCUT2D eigenvalue weighted by Crippen LogP contribution is -2.40. The normalized spacial score (nSPS) is 25.5. The van der Waals surface area contributed by atoms with E-state index in [4.69, 9.17) is 11.5 Å². The summed E-state index contributed by atoms with van der Waals surface area (Å²) >= 11 is 0. The van der Waals surface area contributed by atoms with Crippen molar-refractivity contribution in [3.05, 3.63) is 0 Å². The third-order valence-electron chi connectivity index (χ3n) is 1.50. The van der Waals surface area contributed by atoms with Crippen molar-refractivity contribution in [1.82, 2.24) is 4.67 Å². The lowest BCUT2D eigenvalue weighted by atomic mass is 10.1. The fourth-order valence-electron chi connectivity index (χ4n) is 0.835. The first kappa shape index (κ1) is 6.99. The summed E-state index contributed by atoms with van der Waals surface area (Å²) in [4.78, 5) is 3.94. The van der Waals surface area contributed by atoms with Crippen LogP contribution in [-0.4, -0.2) is 24.4 Å². The number of hydrogen-bond donors (Lipinski definition) is 2. The molecular formula is C6H11N4+. The molecule has 0 spiro atoms. The molecule has 0 radical (unpaired) electrons. The Morgan fingerprint density at radius 1 is 1.70 bits per heavy atom. The highest BCUT2D eigenvalue weighted by Crippen LogP contribution is 2.02. The molecule has 0 saturated heterocycles. The average Bonchev–Trinajstić information content (AvgIpc) is 1.95. The number of aliphatic imine (C=N–C) groups is 1. The maximum atomic E-state index is 5.56. The van der Waals surface area contributed by atoms with E-state index < -0.39 is 0 Å². The quantitative estimate of drug-likeness (QED) is 0.321. The zero-order valence-electron chi connectivity index (χ0n) is 5.75. The maximum Gasteiger partial charge on any atom is 0.390 e. The third kappa shape index (κ3) is 1.23. The van der Waals surface area contributed by atoms with E-state index in [1.54, 1.807) is 0 Å². The van der Waals surface area contributed by atoms with Gasteiger partial charge in [0.05, 0.1) is 12.5 Å². The number of nitrogens with two attached hydrogens (primary N) is 2. The van der Waals surface area contributed by atoms with Gasteiger partial charge < -0.3 is 11.5 Å². The third-order valence-corrected chi connectivity index (χ3v) is 1.50. The first-order valence-electron chi connectivity index (χ1n) is 3.16. The summed E-state index contributed by atoms with van der Waals surface area (Å²) in [5.41, 5.74) is 11.0. The average molecular weight is 139 g/mol. The molecule has 4 heteroatoms. The van der Waals surface area contributed by atoms with Crippen LogP contribution in [0.25, 0.3) is 0 Å². The van der Waals surface area contributed by atoms with E-state index in [-0.39, 0.29) is 6.04 Å². The molecule has 0 aromatic heterocycles. The van der Waals surface area contributed by atoms with Crippen molar-refractivity contribution in [2.75, 3.05) is 0 Å². The molecule has 1 aliphatic heterocycles. The lowest BCUT2D eigenvalue weighted by Gasteiger charge is -2.07. The van der Waals surface area contributed by atoms with Gasteiger partial charge in [-0.3, -0.25) is 0 Å². The molecule has 1 aliphatic rings. The molecule has 1 unspecified atom stereocenters. The number of rotatable bonds is 0.